The number of hydrogen-bond donors (Lipinski definition) is 1. The number of benzene rings is 3. The Labute approximate surface area is 195 Å². The van der Waals surface area contributed by atoms with Gasteiger partial charge in [0.15, 0.2) is 0 Å². The van der Waals surface area contributed by atoms with E-state index in [0.717, 1.165) is 36.9 Å². The Hall–Kier alpha value is -3.07. The summed E-state index contributed by atoms with van der Waals surface area (Å²) in [6, 6.07) is 26.4. The van der Waals surface area contributed by atoms with Gasteiger partial charge in [-0.25, -0.2) is 0 Å². The summed E-state index contributed by atoms with van der Waals surface area (Å²) in [6.45, 7) is 1.52. The van der Waals surface area contributed by atoms with Gasteiger partial charge in [0, 0.05) is 24.3 Å². The number of nitrogens with one attached hydrogen (secondary N) is 1. The molecule has 2 bridgehead atoms. The van der Waals surface area contributed by atoms with Crippen LogP contribution in [0.2, 0.25) is 0 Å². The summed E-state index contributed by atoms with van der Waals surface area (Å²) in [5.41, 5.74) is 7.55. The summed E-state index contributed by atoms with van der Waals surface area (Å²) in [7, 11) is 0. The first-order valence-electron chi connectivity index (χ1n) is 12.6. The van der Waals surface area contributed by atoms with Crippen molar-refractivity contribution in [3.63, 3.8) is 0 Å². The van der Waals surface area contributed by atoms with E-state index in [1.807, 2.05) is 11.0 Å². The summed E-state index contributed by atoms with van der Waals surface area (Å²) in [6.07, 6.45) is 4.99. The monoisotopic (exact) mass is 434 g/mol. The van der Waals surface area contributed by atoms with Gasteiger partial charge in [0.1, 0.15) is 0 Å². The van der Waals surface area contributed by atoms with Crippen molar-refractivity contribution in [2.24, 2.45) is 17.8 Å². The van der Waals surface area contributed by atoms with Gasteiger partial charge in [-0.15, -0.1) is 0 Å². The minimum Gasteiger partial charge on any atom is -0.378 e. The second-order valence-electron chi connectivity index (χ2n) is 10.5. The number of rotatable bonds is 2. The van der Waals surface area contributed by atoms with Crippen LogP contribution in [0.3, 0.4) is 0 Å². The molecule has 0 radical (unpaired) electrons. The molecule has 1 N–H and O–H groups in total. The van der Waals surface area contributed by atoms with Gasteiger partial charge in [-0.3, -0.25) is 4.79 Å². The zero-order valence-electron chi connectivity index (χ0n) is 18.9. The predicted octanol–water partition coefficient (Wildman–Crippen LogP) is 6.18. The lowest BCUT2D eigenvalue weighted by Gasteiger charge is -2.43. The number of nitrogens with zero attached hydrogens (tertiary/aromatic N) is 1. The van der Waals surface area contributed by atoms with E-state index in [1.54, 1.807) is 0 Å². The molecule has 1 amide bonds. The average Bonchev–Trinajstić information content (AvgIpc) is 3.51. The maximum absolute atomic E-state index is 13.5. The number of carbonyl (C=O) groups is 1. The molecular weight excluding hydrogens is 404 g/mol. The second kappa shape index (κ2) is 7.48. The van der Waals surface area contributed by atoms with Crippen molar-refractivity contribution < 1.29 is 4.79 Å². The van der Waals surface area contributed by atoms with Crippen LogP contribution < -0.4 is 5.32 Å². The maximum atomic E-state index is 13.5. The fourth-order valence-corrected chi connectivity index (χ4v) is 7.46. The van der Waals surface area contributed by atoms with Crippen LogP contribution in [-0.2, 0) is 13.0 Å². The molecule has 0 unspecified atom stereocenters. The number of hydrogen-bond acceptors (Lipinski definition) is 2. The normalized spacial score (nSPS) is 29.1. The van der Waals surface area contributed by atoms with Crippen molar-refractivity contribution in [1.29, 1.82) is 0 Å². The predicted molar refractivity (Wildman–Crippen MR) is 131 cm³/mol. The lowest BCUT2D eigenvalue weighted by atomic mass is 9.68. The van der Waals surface area contributed by atoms with Gasteiger partial charge in [-0.05, 0) is 89.8 Å². The van der Waals surface area contributed by atoms with Gasteiger partial charge in [-0.1, -0.05) is 54.6 Å². The highest BCUT2D eigenvalue weighted by Crippen LogP contribution is 2.63. The molecule has 2 aliphatic carbocycles. The minimum absolute atomic E-state index is 0.178. The van der Waals surface area contributed by atoms with Crippen LogP contribution in [0, 0.1) is 17.8 Å². The first-order chi connectivity index (χ1) is 16.3. The van der Waals surface area contributed by atoms with Crippen molar-refractivity contribution in [1.82, 2.24) is 4.90 Å². The molecular formula is C30H30N2O. The lowest BCUT2D eigenvalue weighted by Crippen LogP contribution is -2.37. The summed E-state index contributed by atoms with van der Waals surface area (Å²) in [5.74, 6) is 2.94. The van der Waals surface area contributed by atoms with Crippen LogP contribution in [0.25, 0.3) is 0 Å². The lowest BCUT2D eigenvalue weighted by molar-refractivity contribution is 0.0734. The highest BCUT2D eigenvalue weighted by molar-refractivity contribution is 5.95. The molecule has 3 nitrogen and oxygen atoms in total. The average molecular weight is 435 g/mol. The molecule has 7 rings (SSSR count). The van der Waals surface area contributed by atoms with Crippen molar-refractivity contribution >= 4 is 11.6 Å². The number of carbonyl (C=O) groups excluding carboxylic acids is 1. The van der Waals surface area contributed by atoms with Gasteiger partial charge < -0.3 is 10.2 Å². The molecule has 2 aliphatic heterocycles. The minimum atomic E-state index is 0.178. The third kappa shape index (κ3) is 3.05. The van der Waals surface area contributed by atoms with E-state index >= 15 is 0 Å². The fraction of sp³-hybridized carbons (Fsp3) is 0.367. The molecule has 0 aromatic heterocycles. The van der Waals surface area contributed by atoms with Gasteiger partial charge in [-0.2, -0.15) is 0 Å². The summed E-state index contributed by atoms with van der Waals surface area (Å²) >= 11 is 0. The van der Waals surface area contributed by atoms with Gasteiger partial charge in [0.2, 0.25) is 0 Å². The largest absolute Gasteiger partial charge is 0.378 e. The smallest absolute Gasteiger partial charge is 0.254 e. The van der Waals surface area contributed by atoms with Crippen LogP contribution in [0.4, 0.5) is 5.69 Å². The summed E-state index contributed by atoms with van der Waals surface area (Å²) in [4.78, 5) is 15.6. The third-order valence-electron chi connectivity index (χ3n) is 8.91. The van der Waals surface area contributed by atoms with E-state index in [1.165, 1.54) is 47.2 Å². The molecule has 0 saturated heterocycles. The van der Waals surface area contributed by atoms with E-state index in [9.17, 15) is 4.79 Å². The van der Waals surface area contributed by atoms with Crippen LogP contribution >= 0.6 is 0 Å². The molecule has 2 fully saturated rings. The Balaban J connectivity index is 1.23. The molecule has 3 aromatic rings. The SMILES string of the molecule is O=C(c1ccc2c(c1)[C@@H]1[C@H]3CC[C@@H](C3)[C@@H]1[C@H](c1ccccc1)N2)N1CCc2ccccc2C1. The van der Waals surface area contributed by atoms with E-state index in [2.05, 4.69) is 72.0 Å². The Bertz CT molecular complexity index is 1220. The van der Waals surface area contributed by atoms with E-state index in [-0.39, 0.29) is 5.91 Å². The second-order valence-corrected chi connectivity index (χ2v) is 10.5. The molecule has 33 heavy (non-hydrogen) atoms. The molecule has 2 heterocycles. The standard InChI is InChI=1S/C30H30N2O/c33-30(32-15-14-19-6-4-5-9-24(19)18-32)23-12-13-26-25(17-23)27-21-10-11-22(16-21)28(27)29(31-26)20-7-2-1-3-8-20/h1-9,12-13,17,21-22,27-29,31H,10-11,14-16,18H2/t21-,22-,27-,28-,29-/m0/s1. The van der Waals surface area contributed by atoms with E-state index < -0.39 is 0 Å². The molecule has 5 atom stereocenters. The molecule has 3 aromatic carbocycles. The molecule has 0 spiro atoms. The summed E-state index contributed by atoms with van der Waals surface area (Å²) < 4.78 is 0. The van der Waals surface area contributed by atoms with Crippen molar-refractivity contribution in [3.8, 4) is 0 Å². The quantitative estimate of drug-likeness (QED) is 0.522. The van der Waals surface area contributed by atoms with Gasteiger partial charge >= 0.3 is 0 Å². The summed E-state index contributed by atoms with van der Waals surface area (Å²) in [5, 5.41) is 3.90. The molecule has 3 heteroatoms. The fourth-order valence-electron chi connectivity index (χ4n) is 7.46. The topological polar surface area (TPSA) is 32.3 Å². The zero-order chi connectivity index (χ0) is 21.9. The first kappa shape index (κ1) is 19.4. The Kier molecular flexibility index (Phi) is 4.40. The Morgan fingerprint density at radius 2 is 1.67 bits per heavy atom. The van der Waals surface area contributed by atoms with Crippen LogP contribution in [0.5, 0.6) is 0 Å². The maximum Gasteiger partial charge on any atom is 0.254 e. The van der Waals surface area contributed by atoms with Crippen LogP contribution in [0.1, 0.15) is 63.8 Å². The molecule has 2 saturated carbocycles. The highest BCUT2D eigenvalue weighted by atomic mass is 16.2. The number of fused-ring (bicyclic) bond motifs is 8. The van der Waals surface area contributed by atoms with E-state index in [0.29, 0.717) is 17.9 Å². The van der Waals surface area contributed by atoms with Crippen molar-refractivity contribution in [2.45, 2.75) is 44.2 Å². The number of amides is 1. The van der Waals surface area contributed by atoms with Crippen LogP contribution in [-0.4, -0.2) is 17.4 Å². The molecule has 166 valence electrons. The molecule has 4 aliphatic rings. The first-order valence-corrected chi connectivity index (χ1v) is 12.6. The Morgan fingerprint density at radius 3 is 2.55 bits per heavy atom. The number of anilines is 1. The van der Waals surface area contributed by atoms with Crippen LogP contribution in [0.15, 0.2) is 72.8 Å². The van der Waals surface area contributed by atoms with Crippen molar-refractivity contribution in [2.75, 3.05) is 11.9 Å². The zero-order valence-corrected chi connectivity index (χ0v) is 18.9. The van der Waals surface area contributed by atoms with E-state index in [4.69, 9.17) is 0 Å². The van der Waals surface area contributed by atoms with Gasteiger partial charge in [0.05, 0.1) is 6.04 Å². The van der Waals surface area contributed by atoms with Crippen molar-refractivity contribution in [3.05, 3.63) is 101 Å². The Morgan fingerprint density at radius 1 is 0.879 bits per heavy atom. The third-order valence-corrected chi connectivity index (χ3v) is 8.91. The highest BCUT2D eigenvalue weighted by Gasteiger charge is 2.53. The van der Waals surface area contributed by atoms with Gasteiger partial charge in [0.25, 0.3) is 5.91 Å².